The largest absolute Gasteiger partial charge is 0.507 e. The van der Waals surface area contributed by atoms with E-state index in [0.717, 1.165) is 3.57 Å². The number of amides is 1. The fourth-order valence-electron chi connectivity index (χ4n) is 1.69. The monoisotopic (exact) mass is 394 g/mol. The number of nitrogens with zero attached hydrogens (tertiary/aromatic N) is 1. The standard InChI is InChI=1S/C15H11IN2O3/c16-10-5-6-13(19)11(9-10)15(20)18-12-3-1-2-4-14(12)21-8-7-17/h1-6,9,19H,8H2,(H,18,20). The first-order valence-corrected chi connectivity index (χ1v) is 7.08. The fourth-order valence-corrected chi connectivity index (χ4v) is 2.18. The number of anilines is 1. The molecule has 0 heterocycles. The lowest BCUT2D eigenvalue weighted by molar-refractivity contribution is 0.102. The summed E-state index contributed by atoms with van der Waals surface area (Å²) in [7, 11) is 0. The molecule has 0 atom stereocenters. The quantitative estimate of drug-likeness (QED) is 0.781. The maximum atomic E-state index is 12.2. The third-order valence-corrected chi connectivity index (χ3v) is 3.30. The van der Waals surface area contributed by atoms with Crippen molar-refractivity contribution in [3.8, 4) is 17.6 Å². The summed E-state index contributed by atoms with van der Waals surface area (Å²) in [6.45, 7) is -0.110. The van der Waals surface area contributed by atoms with Gasteiger partial charge in [0.25, 0.3) is 5.91 Å². The topological polar surface area (TPSA) is 82.3 Å². The van der Waals surface area contributed by atoms with E-state index < -0.39 is 5.91 Å². The van der Waals surface area contributed by atoms with Crippen molar-refractivity contribution in [2.45, 2.75) is 0 Å². The van der Waals surface area contributed by atoms with Gasteiger partial charge in [0, 0.05) is 3.57 Å². The highest BCUT2D eigenvalue weighted by atomic mass is 127. The molecule has 0 spiro atoms. The van der Waals surface area contributed by atoms with Crippen LogP contribution in [-0.4, -0.2) is 17.6 Å². The second-order valence-electron chi connectivity index (χ2n) is 4.06. The Balaban J connectivity index is 2.24. The Hall–Kier alpha value is -2.27. The van der Waals surface area contributed by atoms with E-state index in [4.69, 9.17) is 10.00 Å². The molecule has 0 aliphatic heterocycles. The van der Waals surface area contributed by atoms with Crippen LogP contribution in [0.4, 0.5) is 5.69 Å². The molecule has 0 saturated carbocycles. The molecule has 1 amide bonds. The van der Waals surface area contributed by atoms with Gasteiger partial charge in [-0.15, -0.1) is 0 Å². The number of phenolic OH excluding ortho intramolecular Hbond substituents is 1. The number of carbonyl (C=O) groups is 1. The molecule has 0 aliphatic rings. The summed E-state index contributed by atoms with van der Waals surface area (Å²) in [5.41, 5.74) is 0.619. The van der Waals surface area contributed by atoms with Crippen molar-refractivity contribution in [3.63, 3.8) is 0 Å². The lowest BCUT2D eigenvalue weighted by Gasteiger charge is -2.11. The second kappa shape index (κ2) is 6.95. The molecule has 0 radical (unpaired) electrons. The van der Waals surface area contributed by atoms with Gasteiger partial charge in [0.1, 0.15) is 17.6 Å². The Kier molecular flexibility index (Phi) is 5.00. The average Bonchev–Trinajstić information content (AvgIpc) is 2.48. The summed E-state index contributed by atoms with van der Waals surface area (Å²) in [5.74, 6) is -0.139. The van der Waals surface area contributed by atoms with E-state index in [1.165, 1.54) is 6.07 Å². The zero-order valence-corrected chi connectivity index (χ0v) is 13.0. The van der Waals surface area contributed by atoms with Crippen LogP contribution in [0.15, 0.2) is 42.5 Å². The molecular weight excluding hydrogens is 383 g/mol. The number of hydrogen-bond acceptors (Lipinski definition) is 4. The molecule has 5 nitrogen and oxygen atoms in total. The van der Waals surface area contributed by atoms with Crippen molar-refractivity contribution in [2.24, 2.45) is 0 Å². The lowest BCUT2D eigenvalue weighted by Crippen LogP contribution is -2.13. The van der Waals surface area contributed by atoms with Gasteiger partial charge < -0.3 is 15.2 Å². The van der Waals surface area contributed by atoms with Gasteiger partial charge in [-0.3, -0.25) is 4.79 Å². The molecule has 2 N–H and O–H groups in total. The van der Waals surface area contributed by atoms with Crippen molar-refractivity contribution < 1.29 is 14.6 Å². The summed E-state index contributed by atoms with van der Waals surface area (Å²) in [6, 6.07) is 13.4. The number of nitriles is 1. The van der Waals surface area contributed by atoms with Crippen molar-refractivity contribution in [1.82, 2.24) is 0 Å². The van der Waals surface area contributed by atoms with E-state index in [0.29, 0.717) is 11.4 Å². The number of carbonyl (C=O) groups excluding carboxylic acids is 1. The van der Waals surface area contributed by atoms with Crippen LogP contribution in [-0.2, 0) is 0 Å². The number of ether oxygens (including phenoxy) is 1. The van der Waals surface area contributed by atoms with Crippen LogP contribution >= 0.6 is 22.6 Å². The van der Waals surface area contributed by atoms with Gasteiger partial charge in [-0.1, -0.05) is 12.1 Å². The average molecular weight is 394 g/mol. The summed E-state index contributed by atoms with van der Waals surface area (Å²) in [5, 5.41) is 21.0. The molecule has 21 heavy (non-hydrogen) atoms. The molecule has 2 rings (SSSR count). The number of halogens is 1. The Labute approximate surface area is 135 Å². The number of hydrogen-bond donors (Lipinski definition) is 2. The van der Waals surface area contributed by atoms with Crippen LogP contribution in [0, 0.1) is 14.9 Å². The van der Waals surface area contributed by atoms with E-state index in [9.17, 15) is 9.90 Å². The number of benzene rings is 2. The van der Waals surface area contributed by atoms with E-state index in [1.807, 2.05) is 6.07 Å². The smallest absolute Gasteiger partial charge is 0.259 e. The van der Waals surface area contributed by atoms with E-state index in [-0.39, 0.29) is 17.9 Å². The van der Waals surface area contributed by atoms with Crippen molar-refractivity contribution in [3.05, 3.63) is 51.6 Å². The van der Waals surface area contributed by atoms with Gasteiger partial charge in [0.15, 0.2) is 6.61 Å². The normalized spacial score (nSPS) is 9.71. The predicted molar refractivity (Wildman–Crippen MR) is 86.3 cm³/mol. The third-order valence-electron chi connectivity index (χ3n) is 2.63. The van der Waals surface area contributed by atoms with Crippen molar-refractivity contribution >= 4 is 34.2 Å². The first-order valence-electron chi connectivity index (χ1n) is 6.00. The maximum Gasteiger partial charge on any atom is 0.259 e. The fraction of sp³-hybridized carbons (Fsp3) is 0.0667. The maximum absolute atomic E-state index is 12.2. The first kappa shape index (κ1) is 15.1. The molecule has 0 aromatic heterocycles. The van der Waals surface area contributed by atoms with Crippen LogP contribution < -0.4 is 10.1 Å². The van der Waals surface area contributed by atoms with Gasteiger partial charge in [-0.05, 0) is 52.9 Å². The molecule has 6 heteroatoms. The summed E-state index contributed by atoms with van der Waals surface area (Å²) < 4.78 is 6.07. The van der Waals surface area contributed by atoms with Gasteiger partial charge in [0.05, 0.1) is 11.3 Å². The molecule has 0 bridgehead atoms. The molecular formula is C15H11IN2O3. The van der Waals surface area contributed by atoms with Crippen molar-refractivity contribution in [1.29, 1.82) is 5.26 Å². The number of phenols is 1. The lowest BCUT2D eigenvalue weighted by atomic mass is 10.2. The first-order chi connectivity index (χ1) is 10.1. The predicted octanol–water partition coefficient (Wildman–Crippen LogP) is 3.15. The minimum Gasteiger partial charge on any atom is -0.507 e. The van der Waals surface area contributed by atoms with Crippen LogP contribution in [0.1, 0.15) is 10.4 Å². The Morgan fingerprint density at radius 1 is 1.33 bits per heavy atom. The number of aromatic hydroxyl groups is 1. The molecule has 0 aliphatic carbocycles. The van der Waals surface area contributed by atoms with E-state index >= 15 is 0 Å². The zero-order valence-electron chi connectivity index (χ0n) is 10.8. The highest BCUT2D eigenvalue weighted by molar-refractivity contribution is 14.1. The third kappa shape index (κ3) is 3.86. The van der Waals surface area contributed by atoms with Crippen LogP contribution in [0.5, 0.6) is 11.5 Å². The Bertz CT molecular complexity index is 710. The number of nitrogens with one attached hydrogen (secondary N) is 1. The van der Waals surface area contributed by atoms with E-state index in [2.05, 4.69) is 27.9 Å². The molecule has 0 saturated heterocycles. The van der Waals surface area contributed by atoms with Gasteiger partial charge in [-0.25, -0.2) is 0 Å². The van der Waals surface area contributed by atoms with E-state index in [1.54, 1.807) is 36.4 Å². The highest BCUT2D eigenvalue weighted by Crippen LogP contribution is 2.26. The minimum atomic E-state index is -0.445. The number of rotatable bonds is 4. The molecule has 2 aromatic rings. The Morgan fingerprint density at radius 2 is 2.10 bits per heavy atom. The van der Waals surface area contributed by atoms with Gasteiger partial charge >= 0.3 is 0 Å². The highest BCUT2D eigenvalue weighted by Gasteiger charge is 2.14. The second-order valence-corrected chi connectivity index (χ2v) is 5.30. The van der Waals surface area contributed by atoms with Crippen molar-refractivity contribution in [2.75, 3.05) is 11.9 Å². The SMILES string of the molecule is N#CCOc1ccccc1NC(=O)c1cc(I)ccc1O. The van der Waals surface area contributed by atoms with Crippen LogP contribution in [0.3, 0.4) is 0 Å². The minimum absolute atomic E-state index is 0.0941. The van der Waals surface area contributed by atoms with Gasteiger partial charge in [0.2, 0.25) is 0 Å². The van der Waals surface area contributed by atoms with Crippen LogP contribution in [0.2, 0.25) is 0 Å². The molecule has 2 aromatic carbocycles. The molecule has 0 fully saturated rings. The molecule has 106 valence electrons. The molecule has 0 unspecified atom stereocenters. The number of para-hydroxylation sites is 2. The van der Waals surface area contributed by atoms with Crippen LogP contribution in [0.25, 0.3) is 0 Å². The van der Waals surface area contributed by atoms with Gasteiger partial charge in [-0.2, -0.15) is 5.26 Å². The zero-order chi connectivity index (χ0) is 15.2. The summed E-state index contributed by atoms with van der Waals surface area (Å²) in [6.07, 6.45) is 0. The summed E-state index contributed by atoms with van der Waals surface area (Å²) >= 11 is 2.06. The summed E-state index contributed by atoms with van der Waals surface area (Å²) in [4.78, 5) is 12.2. The Morgan fingerprint density at radius 3 is 2.86 bits per heavy atom.